The lowest BCUT2D eigenvalue weighted by atomic mass is 9.79. The molecule has 144 valence electrons. The Morgan fingerprint density at radius 2 is 1.04 bits per heavy atom. The molecule has 0 spiro atoms. The van der Waals surface area contributed by atoms with Crippen molar-refractivity contribution in [2.75, 3.05) is 13.2 Å². The van der Waals surface area contributed by atoms with E-state index < -0.39 is 6.16 Å². The van der Waals surface area contributed by atoms with Gasteiger partial charge >= 0.3 is 6.16 Å². The Hall–Kier alpha value is -1.61. The lowest BCUT2D eigenvalue weighted by Gasteiger charge is -2.27. The highest BCUT2D eigenvalue weighted by atomic mass is 16.7. The standard InChI is InChI=1S/C23H34O3/c1-3-5-19-7-11-21(12-8-19)15-17-25-23(24)26-18-16-22-13-9-20(6-4-2)10-14-22/h1-2,19-22H,5-18H2. The minimum atomic E-state index is -0.507. The molecular weight excluding hydrogens is 324 g/mol. The Morgan fingerprint density at radius 3 is 1.38 bits per heavy atom. The van der Waals surface area contributed by atoms with E-state index >= 15 is 0 Å². The summed E-state index contributed by atoms with van der Waals surface area (Å²) in [7, 11) is 0. The lowest BCUT2D eigenvalue weighted by molar-refractivity contribution is 0.0441. The van der Waals surface area contributed by atoms with Crippen LogP contribution in [0.15, 0.2) is 0 Å². The van der Waals surface area contributed by atoms with Crippen molar-refractivity contribution in [3.63, 3.8) is 0 Å². The zero-order valence-corrected chi connectivity index (χ0v) is 16.1. The van der Waals surface area contributed by atoms with E-state index in [0.717, 1.165) is 25.7 Å². The minimum Gasteiger partial charge on any atom is -0.434 e. The normalized spacial score (nSPS) is 28.5. The van der Waals surface area contributed by atoms with Gasteiger partial charge in [0, 0.05) is 12.8 Å². The largest absolute Gasteiger partial charge is 0.508 e. The van der Waals surface area contributed by atoms with Gasteiger partial charge in [0.15, 0.2) is 0 Å². The molecule has 0 N–H and O–H groups in total. The fraction of sp³-hybridized carbons (Fsp3) is 0.783. The molecule has 0 aromatic rings. The number of ether oxygens (including phenoxy) is 2. The molecule has 2 fully saturated rings. The van der Waals surface area contributed by atoms with Gasteiger partial charge in [-0.2, -0.15) is 0 Å². The van der Waals surface area contributed by atoms with Crippen LogP contribution >= 0.6 is 0 Å². The Bertz CT molecular complexity index is 439. The van der Waals surface area contributed by atoms with Gasteiger partial charge in [-0.25, -0.2) is 4.79 Å². The number of hydrogen-bond donors (Lipinski definition) is 0. The third-order valence-corrected chi connectivity index (χ3v) is 6.24. The van der Waals surface area contributed by atoms with Gasteiger partial charge in [-0.3, -0.25) is 0 Å². The molecule has 0 aliphatic heterocycles. The molecule has 0 bridgehead atoms. The topological polar surface area (TPSA) is 35.5 Å². The summed E-state index contributed by atoms with van der Waals surface area (Å²) in [6, 6.07) is 0. The molecule has 0 saturated heterocycles. The molecule has 3 nitrogen and oxygen atoms in total. The molecule has 0 radical (unpaired) electrons. The van der Waals surface area contributed by atoms with E-state index in [0.29, 0.717) is 36.9 Å². The summed E-state index contributed by atoms with van der Waals surface area (Å²) in [6.07, 6.45) is 23.6. The molecule has 2 aliphatic carbocycles. The maximum atomic E-state index is 11.7. The number of hydrogen-bond acceptors (Lipinski definition) is 3. The zero-order chi connectivity index (χ0) is 18.6. The van der Waals surface area contributed by atoms with E-state index in [1.807, 2.05) is 0 Å². The highest BCUT2D eigenvalue weighted by Crippen LogP contribution is 2.33. The van der Waals surface area contributed by atoms with Crippen molar-refractivity contribution < 1.29 is 14.3 Å². The van der Waals surface area contributed by atoms with Crippen molar-refractivity contribution in [3.05, 3.63) is 0 Å². The predicted octanol–water partition coefficient (Wildman–Crippen LogP) is 5.58. The second-order valence-corrected chi connectivity index (χ2v) is 8.11. The van der Waals surface area contributed by atoms with Gasteiger partial charge in [0.1, 0.15) is 0 Å². The summed E-state index contributed by atoms with van der Waals surface area (Å²) in [5.74, 6) is 8.25. The average Bonchev–Trinajstić information content (AvgIpc) is 2.65. The fourth-order valence-corrected chi connectivity index (χ4v) is 4.44. The Labute approximate surface area is 159 Å². The molecule has 0 aromatic carbocycles. The van der Waals surface area contributed by atoms with Crippen LogP contribution in [0.5, 0.6) is 0 Å². The van der Waals surface area contributed by atoms with Crippen molar-refractivity contribution >= 4 is 6.16 Å². The highest BCUT2D eigenvalue weighted by molar-refractivity contribution is 5.59. The number of carbonyl (C=O) groups excluding carboxylic acids is 1. The van der Waals surface area contributed by atoms with Crippen LogP contribution in [-0.4, -0.2) is 19.4 Å². The van der Waals surface area contributed by atoms with Crippen molar-refractivity contribution in [1.29, 1.82) is 0 Å². The second kappa shape index (κ2) is 11.9. The van der Waals surface area contributed by atoms with Crippen LogP contribution in [0.3, 0.4) is 0 Å². The van der Waals surface area contributed by atoms with Crippen LogP contribution in [0, 0.1) is 48.4 Å². The summed E-state index contributed by atoms with van der Waals surface area (Å²) in [4.78, 5) is 11.7. The third kappa shape index (κ3) is 7.74. The summed E-state index contributed by atoms with van der Waals surface area (Å²) in [5, 5.41) is 0. The molecule has 0 heterocycles. The molecule has 0 aromatic heterocycles. The average molecular weight is 359 g/mol. The molecule has 2 aliphatic rings. The number of rotatable bonds is 8. The quantitative estimate of drug-likeness (QED) is 0.420. The van der Waals surface area contributed by atoms with Gasteiger partial charge < -0.3 is 9.47 Å². The van der Waals surface area contributed by atoms with Gasteiger partial charge in [0.05, 0.1) is 13.2 Å². The van der Waals surface area contributed by atoms with Crippen LogP contribution in [0.25, 0.3) is 0 Å². The maximum Gasteiger partial charge on any atom is 0.508 e. The van der Waals surface area contributed by atoms with Gasteiger partial charge in [-0.15, -0.1) is 24.7 Å². The van der Waals surface area contributed by atoms with E-state index in [2.05, 4.69) is 11.8 Å². The Kier molecular flexibility index (Phi) is 9.47. The van der Waals surface area contributed by atoms with E-state index in [9.17, 15) is 4.79 Å². The molecule has 26 heavy (non-hydrogen) atoms. The molecule has 2 saturated carbocycles. The summed E-state index contributed by atoms with van der Waals surface area (Å²) in [6.45, 7) is 0.945. The monoisotopic (exact) mass is 358 g/mol. The minimum absolute atomic E-state index is 0.473. The van der Waals surface area contributed by atoms with Crippen LogP contribution in [-0.2, 0) is 9.47 Å². The zero-order valence-electron chi connectivity index (χ0n) is 16.1. The molecular formula is C23H34O3. The summed E-state index contributed by atoms with van der Waals surface area (Å²) < 4.78 is 10.5. The van der Waals surface area contributed by atoms with Crippen molar-refractivity contribution in [2.45, 2.75) is 77.0 Å². The lowest BCUT2D eigenvalue weighted by Crippen LogP contribution is -2.19. The molecule has 2 rings (SSSR count). The van der Waals surface area contributed by atoms with Gasteiger partial charge in [0.2, 0.25) is 0 Å². The van der Waals surface area contributed by atoms with Crippen molar-refractivity contribution in [2.24, 2.45) is 23.7 Å². The van der Waals surface area contributed by atoms with Crippen molar-refractivity contribution in [1.82, 2.24) is 0 Å². The van der Waals surface area contributed by atoms with Gasteiger partial charge in [-0.05, 0) is 62.2 Å². The highest BCUT2D eigenvalue weighted by Gasteiger charge is 2.22. The third-order valence-electron chi connectivity index (χ3n) is 6.24. The fourth-order valence-electron chi connectivity index (χ4n) is 4.44. The second-order valence-electron chi connectivity index (χ2n) is 8.11. The van der Waals surface area contributed by atoms with E-state index in [-0.39, 0.29) is 0 Å². The first-order valence-electron chi connectivity index (χ1n) is 10.4. The van der Waals surface area contributed by atoms with Crippen LogP contribution in [0.2, 0.25) is 0 Å². The van der Waals surface area contributed by atoms with E-state index in [4.69, 9.17) is 22.3 Å². The Morgan fingerprint density at radius 1 is 0.692 bits per heavy atom. The predicted molar refractivity (Wildman–Crippen MR) is 104 cm³/mol. The van der Waals surface area contributed by atoms with Crippen LogP contribution in [0.1, 0.15) is 77.0 Å². The molecule has 0 atom stereocenters. The van der Waals surface area contributed by atoms with Crippen LogP contribution in [0.4, 0.5) is 4.79 Å². The molecule has 0 unspecified atom stereocenters. The van der Waals surface area contributed by atoms with Gasteiger partial charge in [0.25, 0.3) is 0 Å². The SMILES string of the molecule is C#CCC1CCC(CCOC(=O)OCCC2CCC(CC#C)CC2)CC1. The maximum absolute atomic E-state index is 11.7. The van der Waals surface area contributed by atoms with Crippen molar-refractivity contribution in [3.8, 4) is 24.7 Å². The van der Waals surface area contributed by atoms with E-state index in [1.165, 1.54) is 51.4 Å². The molecule has 3 heteroatoms. The van der Waals surface area contributed by atoms with Gasteiger partial charge in [-0.1, -0.05) is 25.7 Å². The molecule has 0 amide bonds. The number of terminal acetylenes is 2. The summed E-state index contributed by atoms with van der Waals surface area (Å²) >= 11 is 0. The van der Waals surface area contributed by atoms with E-state index in [1.54, 1.807) is 0 Å². The summed E-state index contributed by atoms with van der Waals surface area (Å²) in [5.41, 5.74) is 0. The Balaban J connectivity index is 1.46. The first-order chi connectivity index (χ1) is 12.7. The first kappa shape index (κ1) is 20.7. The number of carbonyl (C=O) groups is 1. The van der Waals surface area contributed by atoms with Crippen LogP contribution < -0.4 is 0 Å². The smallest absolute Gasteiger partial charge is 0.434 e. The first-order valence-corrected chi connectivity index (χ1v) is 10.4.